The van der Waals surface area contributed by atoms with Crippen molar-refractivity contribution < 1.29 is 9.53 Å². The molecular formula is C25H31N3O2. The van der Waals surface area contributed by atoms with E-state index in [1.54, 1.807) is 37.6 Å². The predicted octanol–water partition coefficient (Wildman–Crippen LogP) is 5.18. The third kappa shape index (κ3) is 4.25. The third-order valence-electron chi connectivity index (χ3n) is 5.48. The van der Waals surface area contributed by atoms with E-state index in [4.69, 9.17) is 4.74 Å². The van der Waals surface area contributed by atoms with Crippen LogP contribution in [0.2, 0.25) is 0 Å². The lowest BCUT2D eigenvalue weighted by Gasteiger charge is -2.46. The lowest BCUT2D eigenvalue weighted by Crippen LogP contribution is -2.49. The Labute approximate surface area is 179 Å². The highest BCUT2D eigenvalue weighted by molar-refractivity contribution is 5.95. The highest BCUT2D eigenvalue weighted by atomic mass is 16.5. The number of hydrazone groups is 1. The van der Waals surface area contributed by atoms with Gasteiger partial charge in [-0.1, -0.05) is 12.1 Å². The van der Waals surface area contributed by atoms with E-state index < -0.39 is 0 Å². The standard InChI is InChI=1S/C25H31N3O2/c1-16(2)28-23-11-17(3)20(13-22(23)18(4)14-25(28,5)6)15-26-27-24(29)19-9-8-10-21(12-19)30-7/h8-16H,1-7H3,(H,27,29)/b26-15+. The second kappa shape index (κ2) is 8.34. The number of nitrogens with one attached hydrogen (secondary N) is 1. The Hall–Kier alpha value is -3.08. The first kappa shape index (κ1) is 21.6. The molecule has 0 unspecified atom stereocenters. The molecule has 1 heterocycles. The molecule has 0 saturated carbocycles. The summed E-state index contributed by atoms with van der Waals surface area (Å²) in [6, 6.07) is 11.8. The van der Waals surface area contributed by atoms with Gasteiger partial charge in [0.05, 0.1) is 18.9 Å². The molecule has 0 atom stereocenters. The Morgan fingerprint density at radius 2 is 1.93 bits per heavy atom. The molecule has 1 aliphatic heterocycles. The largest absolute Gasteiger partial charge is 0.497 e. The van der Waals surface area contributed by atoms with Crippen LogP contribution in [0, 0.1) is 6.92 Å². The maximum Gasteiger partial charge on any atom is 0.271 e. The minimum Gasteiger partial charge on any atom is -0.497 e. The second-order valence-corrected chi connectivity index (χ2v) is 8.60. The Balaban J connectivity index is 1.86. The number of methoxy groups -OCH3 is 1. The van der Waals surface area contributed by atoms with Crippen LogP contribution in [0.4, 0.5) is 5.69 Å². The van der Waals surface area contributed by atoms with Gasteiger partial charge in [-0.2, -0.15) is 5.10 Å². The Kier molecular flexibility index (Phi) is 6.01. The molecule has 5 heteroatoms. The molecule has 0 radical (unpaired) electrons. The van der Waals surface area contributed by atoms with Gasteiger partial charge >= 0.3 is 0 Å². The molecule has 1 N–H and O–H groups in total. The van der Waals surface area contributed by atoms with Crippen molar-refractivity contribution >= 4 is 23.4 Å². The summed E-state index contributed by atoms with van der Waals surface area (Å²) in [6.45, 7) is 13.2. The first-order valence-corrected chi connectivity index (χ1v) is 10.3. The number of fused-ring (bicyclic) bond motifs is 1. The first-order valence-electron chi connectivity index (χ1n) is 10.3. The SMILES string of the molecule is COc1cccc(C(=O)N/N=C/c2cc3c(cc2C)N(C(C)C)C(C)(C)C=C3C)c1. The Morgan fingerprint density at radius 3 is 2.60 bits per heavy atom. The number of amides is 1. The molecule has 0 aromatic heterocycles. The lowest BCUT2D eigenvalue weighted by atomic mass is 9.86. The van der Waals surface area contributed by atoms with Crippen molar-refractivity contribution in [3.05, 3.63) is 64.7 Å². The number of aryl methyl sites for hydroxylation is 1. The molecule has 1 amide bonds. The van der Waals surface area contributed by atoms with E-state index in [1.165, 1.54) is 16.8 Å². The van der Waals surface area contributed by atoms with Crippen LogP contribution in [0.25, 0.3) is 5.57 Å². The number of allylic oxidation sites excluding steroid dienone is 1. The number of anilines is 1. The van der Waals surface area contributed by atoms with Gasteiger partial charge in [-0.25, -0.2) is 5.43 Å². The average molecular weight is 406 g/mol. The molecule has 0 fully saturated rings. The van der Waals surface area contributed by atoms with Gasteiger partial charge < -0.3 is 9.64 Å². The number of nitrogens with zero attached hydrogens (tertiary/aromatic N) is 2. The summed E-state index contributed by atoms with van der Waals surface area (Å²) in [4.78, 5) is 14.8. The summed E-state index contributed by atoms with van der Waals surface area (Å²) in [5, 5.41) is 4.19. The van der Waals surface area contributed by atoms with Crippen molar-refractivity contribution in [1.82, 2.24) is 5.43 Å². The van der Waals surface area contributed by atoms with E-state index in [2.05, 4.69) is 75.2 Å². The topological polar surface area (TPSA) is 53.9 Å². The zero-order valence-electron chi connectivity index (χ0n) is 18.9. The molecule has 5 nitrogen and oxygen atoms in total. The number of benzene rings is 2. The second-order valence-electron chi connectivity index (χ2n) is 8.60. The number of hydrogen-bond donors (Lipinski definition) is 1. The van der Waals surface area contributed by atoms with Gasteiger partial charge in [0, 0.05) is 22.9 Å². The summed E-state index contributed by atoms with van der Waals surface area (Å²) in [5.74, 6) is 0.363. The lowest BCUT2D eigenvalue weighted by molar-refractivity contribution is 0.0955. The van der Waals surface area contributed by atoms with Crippen molar-refractivity contribution in [1.29, 1.82) is 0 Å². The van der Waals surface area contributed by atoms with Crippen LogP contribution in [-0.2, 0) is 0 Å². The van der Waals surface area contributed by atoms with Crippen LogP contribution in [0.15, 0.2) is 47.6 Å². The summed E-state index contributed by atoms with van der Waals surface area (Å²) >= 11 is 0. The summed E-state index contributed by atoms with van der Waals surface area (Å²) < 4.78 is 5.17. The Morgan fingerprint density at radius 1 is 1.20 bits per heavy atom. The van der Waals surface area contributed by atoms with Crippen LogP contribution >= 0.6 is 0 Å². The molecule has 2 aromatic carbocycles. The number of rotatable bonds is 5. The molecular weight excluding hydrogens is 374 g/mol. The monoisotopic (exact) mass is 405 g/mol. The summed E-state index contributed by atoms with van der Waals surface area (Å²) in [6.07, 6.45) is 4.02. The van der Waals surface area contributed by atoms with Crippen molar-refractivity contribution in [3.63, 3.8) is 0 Å². The van der Waals surface area contributed by atoms with Crippen LogP contribution < -0.4 is 15.1 Å². The van der Waals surface area contributed by atoms with E-state index in [0.29, 0.717) is 17.4 Å². The molecule has 0 bridgehead atoms. The zero-order valence-corrected chi connectivity index (χ0v) is 18.9. The van der Waals surface area contributed by atoms with Gasteiger partial charge in [0.2, 0.25) is 0 Å². The van der Waals surface area contributed by atoms with Crippen molar-refractivity contribution in [3.8, 4) is 5.75 Å². The van der Waals surface area contributed by atoms with Gasteiger partial charge in [-0.05, 0) is 88.6 Å². The number of carbonyl (C=O) groups excluding carboxylic acids is 1. The van der Waals surface area contributed by atoms with E-state index >= 15 is 0 Å². The maximum absolute atomic E-state index is 12.4. The molecule has 3 rings (SSSR count). The maximum atomic E-state index is 12.4. The third-order valence-corrected chi connectivity index (χ3v) is 5.48. The van der Waals surface area contributed by atoms with E-state index in [1.807, 2.05) is 0 Å². The quantitative estimate of drug-likeness (QED) is 0.551. The minimum absolute atomic E-state index is 0.0436. The predicted molar refractivity (Wildman–Crippen MR) is 125 cm³/mol. The van der Waals surface area contributed by atoms with Crippen LogP contribution in [-0.4, -0.2) is 30.8 Å². The van der Waals surface area contributed by atoms with Crippen molar-refractivity contribution in [2.24, 2.45) is 5.10 Å². The van der Waals surface area contributed by atoms with Crippen molar-refractivity contribution in [2.45, 2.75) is 53.1 Å². The molecule has 0 spiro atoms. The van der Waals surface area contributed by atoms with Gasteiger partial charge in [0.25, 0.3) is 5.91 Å². The van der Waals surface area contributed by atoms with Gasteiger partial charge in [-0.3, -0.25) is 4.79 Å². The van der Waals surface area contributed by atoms with Crippen LogP contribution in [0.1, 0.15) is 61.7 Å². The smallest absolute Gasteiger partial charge is 0.271 e. The normalized spacial score (nSPS) is 15.2. The highest BCUT2D eigenvalue weighted by Gasteiger charge is 2.33. The molecule has 0 aliphatic carbocycles. The Bertz CT molecular complexity index is 1020. The number of carbonyl (C=O) groups is 1. The summed E-state index contributed by atoms with van der Waals surface area (Å²) in [5.41, 5.74) is 8.86. The zero-order chi connectivity index (χ0) is 22.1. The van der Waals surface area contributed by atoms with E-state index in [9.17, 15) is 4.79 Å². The number of hydrogen-bond acceptors (Lipinski definition) is 4. The summed E-state index contributed by atoms with van der Waals surface area (Å²) in [7, 11) is 1.58. The van der Waals surface area contributed by atoms with Gasteiger partial charge in [-0.15, -0.1) is 0 Å². The highest BCUT2D eigenvalue weighted by Crippen LogP contribution is 2.41. The average Bonchev–Trinajstić information content (AvgIpc) is 2.67. The molecule has 1 aliphatic rings. The fourth-order valence-corrected chi connectivity index (χ4v) is 4.28. The molecule has 158 valence electrons. The molecule has 2 aromatic rings. The van der Waals surface area contributed by atoms with Crippen molar-refractivity contribution in [2.75, 3.05) is 12.0 Å². The fraction of sp³-hybridized carbons (Fsp3) is 0.360. The minimum atomic E-state index is -0.274. The van der Waals surface area contributed by atoms with Crippen LogP contribution in [0.3, 0.4) is 0 Å². The molecule has 30 heavy (non-hydrogen) atoms. The van der Waals surface area contributed by atoms with Crippen LogP contribution in [0.5, 0.6) is 5.75 Å². The first-order chi connectivity index (χ1) is 14.1. The molecule has 0 saturated heterocycles. The fourth-order valence-electron chi connectivity index (χ4n) is 4.28. The van der Waals surface area contributed by atoms with Gasteiger partial charge in [0.1, 0.15) is 5.75 Å². The van der Waals surface area contributed by atoms with E-state index in [-0.39, 0.29) is 11.4 Å². The van der Waals surface area contributed by atoms with Gasteiger partial charge in [0.15, 0.2) is 0 Å². The van der Waals surface area contributed by atoms with E-state index in [0.717, 1.165) is 11.1 Å². The number of ether oxygens (including phenoxy) is 1.